The van der Waals surface area contributed by atoms with Crippen molar-refractivity contribution in [2.24, 2.45) is 0 Å². The molecule has 0 aliphatic rings. The number of thioether (sulfide) groups is 1. The zero-order chi connectivity index (χ0) is 10.1. The summed E-state index contributed by atoms with van der Waals surface area (Å²) in [5.74, 6) is 0. The molecule has 2 rings (SSSR count). The molecule has 0 aliphatic carbocycles. The van der Waals surface area contributed by atoms with Gasteiger partial charge in [-0.3, -0.25) is 0 Å². The van der Waals surface area contributed by atoms with E-state index in [1.807, 2.05) is 24.5 Å². The Labute approximate surface area is 95.3 Å². The van der Waals surface area contributed by atoms with Gasteiger partial charge in [0.15, 0.2) is 0 Å². The minimum atomic E-state index is 0.703. The molecule has 2 aromatic rings. The topological polar surface area (TPSA) is 23.8 Å². The average molecular weight is 240 g/mol. The third kappa shape index (κ3) is 1.50. The Bertz CT molecular complexity index is 525. The Morgan fingerprint density at radius 3 is 2.93 bits per heavy atom. The number of fused-ring (bicyclic) bond motifs is 1. The molecule has 0 spiro atoms. The summed E-state index contributed by atoms with van der Waals surface area (Å²) in [5, 5.41) is 10.0. The minimum absolute atomic E-state index is 0.703. The van der Waals surface area contributed by atoms with E-state index in [-0.39, 0.29) is 0 Å². The second-order valence-corrected chi connectivity index (χ2v) is 5.25. The summed E-state index contributed by atoms with van der Waals surface area (Å²) in [4.78, 5) is 1.17. The maximum absolute atomic E-state index is 8.92. The van der Waals surface area contributed by atoms with Crippen LogP contribution in [0.25, 0.3) is 10.1 Å². The van der Waals surface area contributed by atoms with E-state index in [1.165, 1.54) is 16.2 Å². The van der Waals surface area contributed by atoms with Crippen LogP contribution in [0.1, 0.15) is 5.56 Å². The normalized spacial score (nSPS) is 10.4. The van der Waals surface area contributed by atoms with E-state index in [9.17, 15) is 0 Å². The van der Waals surface area contributed by atoms with Crippen LogP contribution < -0.4 is 0 Å². The van der Waals surface area contributed by atoms with Crippen molar-refractivity contribution in [3.63, 3.8) is 0 Å². The van der Waals surface area contributed by atoms with Gasteiger partial charge in [0.05, 0.1) is 14.6 Å². The number of hydrogen-bond acceptors (Lipinski definition) is 3. The van der Waals surface area contributed by atoms with Crippen molar-refractivity contribution in [3.05, 3.63) is 28.1 Å². The molecule has 14 heavy (non-hydrogen) atoms. The lowest BCUT2D eigenvalue weighted by Crippen LogP contribution is -1.76. The van der Waals surface area contributed by atoms with Crippen molar-refractivity contribution in [2.45, 2.75) is 4.90 Å². The maximum Gasteiger partial charge on any atom is 0.101 e. The Balaban J connectivity index is 2.86. The molecule has 0 saturated heterocycles. The quantitative estimate of drug-likeness (QED) is 0.698. The molecule has 1 aromatic carbocycles. The summed E-state index contributed by atoms with van der Waals surface area (Å²) in [6.45, 7) is 0. The monoisotopic (exact) mass is 239 g/mol. The highest BCUT2D eigenvalue weighted by molar-refractivity contribution is 7.98. The first kappa shape index (κ1) is 9.85. The van der Waals surface area contributed by atoms with Gasteiger partial charge in [-0.25, -0.2) is 0 Å². The van der Waals surface area contributed by atoms with Crippen molar-refractivity contribution < 1.29 is 0 Å². The van der Waals surface area contributed by atoms with Crippen molar-refractivity contribution in [1.82, 2.24) is 0 Å². The summed E-state index contributed by atoms with van der Waals surface area (Å²) >= 11 is 9.07. The summed E-state index contributed by atoms with van der Waals surface area (Å²) in [6.07, 6.45) is 2.02. The molecular formula is C10H6ClNS2. The second kappa shape index (κ2) is 3.82. The van der Waals surface area contributed by atoms with Gasteiger partial charge in [0.2, 0.25) is 0 Å². The van der Waals surface area contributed by atoms with Gasteiger partial charge in [-0.05, 0) is 24.5 Å². The summed E-state index contributed by atoms with van der Waals surface area (Å²) in [7, 11) is 0. The third-order valence-electron chi connectivity index (χ3n) is 1.95. The van der Waals surface area contributed by atoms with Gasteiger partial charge >= 0.3 is 0 Å². The molecule has 0 saturated carbocycles. The van der Waals surface area contributed by atoms with Gasteiger partial charge in [-0.2, -0.15) is 5.26 Å². The number of nitrogens with zero attached hydrogens (tertiary/aromatic N) is 1. The largest absolute Gasteiger partial charge is 0.192 e. The van der Waals surface area contributed by atoms with Crippen molar-refractivity contribution in [3.8, 4) is 6.07 Å². The first-order valence-corrected chi connectivity index (χ1v) is 6.34. The van der Waals surface area contributed by atoms with Crippen LogP contribution in [-0.2, 0) is 0 Å². The summed E-state index contributed by atoms with van der Waals surface area (Å²) in [6, 6.07) is 7.92. The molecule has 1 heterocycles. The predicted octanol–water partition coefficient (Wildman–Crippen LogP) is 4.15. The molecule has 0 aliphatic heterocycles. The lowest BCUT2D eigenvalue weighted by molar-refractivity contribution is 1.49. The van der Waals surface area contributed by atoms with E-state index in [4.69, 9.17) is 16.9 Å². The molecule has 0 N–H and O–H groups in total. The van der Waals surface area contributed by atoms with E-state index in [0.29, 0.717) is 5.56 Å². The zero-order valence-corrected chi connectivity index (χ0v) is 9.76. The molecule has 0 bridgehead atoms. The second-order valence-electron chi connectivity index (χ2n) is 2.72. The molecule has 0 radical (unpaired) electrons. The van der Waals surface area contributed by atoms with Crippen LogP contribution >= 0.6 is 34.7 Å². The minimum Gasteiger partial charge on any atom is -0.192 e. The van der Waals surface area contributed by atoms with Crippen LogP contribution in [0.3, 0.4) is 0 Å². The Kier molecular flexibility index (Phi) is 2.69. The predicted molar refractivity (Wildman–Crippen MR) is 63.3 cm³/mol. The van der Waals surface area contributed by atoms with E-state index in [1.54, 1.807) is 11.8 Å². The standard InChI is InChI=1S/C10H6ClNS2/c1-13-8-3-2-6(5-12)10-7(8)4-9(11)14-10/h2-4H,1H3. The van der Waals surface area contributed by atoms with Gasteiger partial charge in [0, 0.05) is 10.3 Å². The number of benzene rings is 1. The molecule has 1 aromatic heterocycles. The Hall–Kier alpha value is -0.690. The lowest BCUT2D eigenvalue weighted by atomic mass is 10.2. The average Bonchev–Trinajstić information content (AvgIpc) is 2.57. The highest BCUT2D eigenvalue weighted by Gasteiger charge is 2.08. The molecular weight excluding hydrogens is 234 g/mol. The smallest absolute Gasteiger partial charge is 0.101 e. The Morgan fingerprint density at radius 1 is 1.50 bits per heavy atom. The van der Waals surface area contributed by atoms with E-state index >= 15 is 0 Å². The summed E-state index contributed by atoms with van der Waals surface area (Å²) in [5.41, 5.74) is 0.703. The van der Waals surface area contributed by atoms with Crippen LogP contribution in [0.2, 0.25) is 4.34 Å². The number of rotatable bonds is 1. The molecule has 1 nitrogen and oxygen atoms in total. The van der Waals surface area contributed by atoms with E-state index in [2.05, 4.69) is 6.07 Å². The first-order valence-electron chi connectivity index (χ1n) is 3.92. The first-order chi connectivity index (χ1) is 6.76. The number of halogens is 1. The lowest BCUT2D eigenvalue weighted by Gasteiger charge is -1.99. The zero-order valence-electron chi connectivity index (χ0n) is 7.37. The summed E-state index contributed by atoms with van der Waals surface area (Å²) < 4.78 is 1.72. The van der Waals surface area contributed by atoms with Gasteiger partial charge in [-0.15, -0.1) is 23.1 Å². The van der Waals surface area contributed by atoms with Gasteiger partial charge < -0.3 is 0 Å². The Morgan fingerprint density at radius 2 is 2.29 bits per heavy atom. The van der Waals surface area contributed by atoms with Crippen molar-refractivity contribution in [2.75, 3.05) is 6.26 Å². The van der Waals surface area contributed by atoms with E-state index in [0.717, 1.165) is 14.4 Å². The maximum atomic E-state index is 8.92. The molecule has 70 valence electrons. The number of hydrogen-bond donors (Lipinski definition) is 0. The van der Waals surface area contributed by atoms with Crippen LogP contribution in [0.5, 0.6) is 0 Å². The fraction of sp³-hybridized carbons (Fsp3) is 0.100. The van der Waals surface area contributed by atoms with Crippen LogP contribution in [-0.4, -0.2) is 6.26 Å². The van der Waals surface area contributed by atoms with Gasteiger partial charge in [0.25, 0.3) is 0 Å². The fourth-order valence-corrected chi connectivity index (χ4v) is 3.20. The van der Waals surface area contributed by atoms with Gasteiger partial charge in [0.1, 0.15) is 6.07 Å². The fourth-order valence-electron chi connectivity index (χ4n) is 1.33. The number of nitriles is 1. The molecule has 0 fully saturated rings. The van der Waals surface area contributed by atoms with E-state index < -0.39 is 0 Å². The molecule has 4 heteroatoms. The highest BCUT2D eigenvalue weighted by atomic mass is 35.5. The molecule has 0 atom stereocenters. The highest BCUT2D eigenvalue weighted by Crippen LogP contribution is 2.37. The SMILES string of the molecule is CSc1ccc(C#N)c2sc(Cl)cc12. The number of thiophene rings is 1. The molecule has 0 unspecified atom stereocenters. The van der Waals surface area contributed by atoms with Crippen LogP contribution in [0.15, 0.2) is 23.1 Å². The molecule has 0 amide bonds. The van der Waals surface area contributed by atoms with Crippen LogP contribution in [0, 0.1) is 11.3 Å². The van der Waals surface area contributed by atoms with Crippen molar-refractivity contribution in [1.29, 1.82) is 5.26 Å². The van der Waals surface area contributed by atoms with Crippen molar-refractivity contribution >= 4 is 44.8 Å². The van der Waals surface area contributed by atoms with Crippen LogP contribution in [0.4, 0.5) is 0 Å². The van der Waals surface area contributed by atoms with Gasteiger partial charge in [-0.1, -0.05) is 11.6 Å². The third-order valence-corrected chi connectivity index (χ3v) is 4.05.